The molecule has 0 aliphatic heterocycles. The summed E-state index contributed by atoms with van der Waals surface area (Å²) in [5.41, 5.74) is 14.5. The van der Waals surface area contributed by atoms with Crippen molar-refractivity contribution < 1.29 is 4.74 Å². The molecule has 0 unspecified atom stereocenters. The number of hydrogen-bond donors (Lipinski definition) is 2. The third-order valence-corrected chi connectivity index (χ3v) is 3.90. The third-order valence-electron chi connectivity index (χ3n) is 3.90. The van der Waals surface area contributed by atoms with Gasteiger partial charge < -0.3 is 16.2 Å². The highest BCUT2D eigenvalue weighted by Crippen LogP contribution is 2.15. The molecule has 28 heavy (non-hydrogen) atoms. The molecule has 0 fully saturated rings. The first-order chi connectivity index (χ1) is 13.7. The fourth-order valence-corrected chi connectivity index (χ4v) is 2.50. The van der Waals surface area contributed by atoms with E-state index in [9.17, 15) is 0 Å². The number of ether oxygens (including phenoxy) is 1. The molecule has 3 aromatic rings. The van der Waals surface area contributed by atoms with E-state index in [0.717, 1.165) is 22.4 Å². The van der Waals surface area contributed by atoms with Crippen molar-refractivity contribution in [1.82, 2.24) is 0 Å². The van der Waals surface area contributed by atoms with Gasteiger partial charge in [0.1, 0.15) is 12.4 Å². The molecule has 0 radical (unpaired) electrons. The van der Waals surface area contributed by atoms with Gasteiger partial charge in [-0.2, -0.15) is 0 Å². The Morgan fingerprint density at radius 1 is 0.786 bits per heavy atom. The highest BCUT2D eigenvalue weighted by molar-refractivity contribution is 6.10. The van der Waals surface area contributed by atoms with Crippen LogP contribution in [0.15, 0.2) is 101 Å². The molecule has 4 N–H and O–H groups in total. The first-order valence-corrected chi connectivity index (χ1v) is 8.87. The first-order valence-electron chi connectivity index (χ1n) is 8.87. The van der Waals surface area contributed by atoms with Crippen molar-refractivity contribution in [3.8, 4) is 5.75 Å². The molecule has 5 nitrogen and oxygen atoms in total. The minimum absolute atomic E-state index is 0.0817. The van der Waals surface area contributed by atoms with Gasteiger partial charge in [-0.25, -0.2) is 0 Å². The van der Waals surface area contributed by atoms with E-state index in [-0.39, 0.29) is 5.96 Å². The molecule has 0 saturated heterocycles. The highest BCUT2D eigenvalue weighted by Gasteiger charge is 2.00. The summed E-state index contributed by atoms with van der Waals surface area (Å²) in [4.78, 5) is 0. The van der Waals surface area contributed by atoms with Crippen LogP contribution in [-0.4, -0.2) is 11.7 Å². The molecule has 0 amide bonds. The van der Waals surface area contributed by atoms with Gasteiger partial charge in [-0.3, -0.25) is 0 Å². The summed E-state index contributed by atoms with van der Waals surface area (Å²) in [5, 5.41) is 7.90. The number of hydrogen-bond acceptors (Lipinski definition) is 3. The summed E-state index contributed by atoms with van der Waals surface area (Å²) in [5.74, 6) is 0.736. The van der Waals surface area contributed by atoms with Gasteiger partial charge in [0.15, 0.2) is 0 Å². The van der Waals surface area contributed by atoms with Crippen LogP contribution in [0, 0.1) is 0 Å². The van der Waals surface area contributed by atoms with Gasteiger partial charge in [0.25, 0.3) is 0 Å². The Bertz CT molecular complexity index is 959. The standard InChI is InChI=1S/C23H22N4O/c24-23(25)27-26-22(20-9-5-2-6-10-20)16-13-18-11-14-21(15-12-18)28-17-19-7-3-1-4-8-19/h1-16H,17H2,(H4,24,25,27)/b16-13+,26-22-. The molecule has 0 spiro atoms. The Morgan fingerprint density at radius 2 is 1.43 bits per heavy atom. The lowest BCUT2D eigenvalue weighted by Crippen LogP contribution is -2.22. The van der Waals surface area contributed by atoms with Crippen molar-refractivity contribution in [3.63, 3.8) is 0 Å². The maximum atomic E-state index is 5.81. The Labute approximate surface area is 164 Å². The van der Waals surface area contributed by atoms with Gasteiger partial charge in [0.05, 0.1) is 5.71 Å². The van der Waals surface area contributed by atoms with E-state index in [2.05, 4.69) is 10.2 Å². The lowest BCUT2D eigenvalue weighted by atomic mass is 10.1. The van der Waals surface area contributed by atoms with Crippen molar-refractivity contribution in [2.24, 2.45) is 21.7 Å². The fourth-order valence-electron chi connectivity index (χ4n) is 2.50. The zero-order valence-electron chi connectivity index (χ0n) is 15.4. The van der Waals surface area contributed by atoms with E-state index in [1.165, 1.54) is 0 Å². The van der Waals surface area contributed by atoms with Crippen LogP contribution < -0.4 is 16.2 Å². The van der Waals surface area contributed by atoms with Crippen molar-refractivity contribution >= 4 is 17.7 Å². The van der Waals surface area contributed by atoms with Gasteiger partial charge >= 0.3 is 0 Å². The quantitative estimate of drug-likeness (QED) is 0.375. The van der Waals surface area contributed by atoms with E-state index in [4.69, 9.17) is 16.2 Å². The van der Waals surface area contributed by atoms with Crippen LogP contribution in [0.1, 0.15) is 16.7 Å². The van der Waals surface area contributed by atoms with E-state index in [0.29, 0.717) is 12.3 Å². The van der Waals surface area contributed by atoms with E-state index in [1.54, 1.807) is 0 Å². The van der Waals surface area contributed by atoms with Crippen LogP contribution in [0.2, 0.25) is 0 Å². The van der Waals surface area contributed by atoms with Crippen LogP contribution in [0.25, 0.3) is 6.08 Å². The lowest BCUT2D eigenvalue weighted by Gasteiger charge is -2.06. The fraction of sp³-hybridized carbons (Fsp3) is 0.0435. The molecule has 0 aliphatic carbocycles. The molecular weight excluding hydrogens is 348 g/mol. The Morgan fingerprint density at radius 3 is 2.07 bits per heavy atom. The van der Waals surface area contributed by atoms with Crippen molar-refractivity contribution in [1.29, 1.82) is 0 Å². The summed E-state index contributed by atoms with van der Waals surface area (Å²) in [6.45, 7) is 0.541. The molecule has 0 saturated carbocycles. The summed E-state index contributed by atoms with van der Waals surface area (Å²) in [6.07, 6.45) is 3.83. The molecule has 0 aromatic heterocycles. The Balaban J connectivity index is 1.69. The lowest BCUT2D eigenvalue weighted by molar-refractivity contribution is 0.306. The van der Waals surface area contributed by atoms with Crippen molar-refractivity contribution in [3.05, 3.63) is 108 Å². The third kappa shape index (κ3) is 5.85. The maximum Gasteiger partial charge on any atom is 0.211 e. The van der Waals surface area contributed by atoms with Crippen molar-refractivity contribution in [2.45, 2.75) is 6.61 Å². The van der Waals surface area contributed by atoms with E-state index >= 15 is 0 Å². The normalized spacial score (nSPS) is 11.4. The highest BCUT2D eigenvalue weighted by atomic mass is 16.5. The molecule has 5 heteroatoms. The zero-order valence-corrected chi connectivity index (χ0v) is 15.4. The Hall–Kier alpha value is -3.86. The van der Waals surface area contributed by atoms with Gasteiger partial charge in [0.2, 0.25) is 5.96 Å². The SMILES string of the molecule is NC(N)=N/N=C(/C=C/c1ccc(OCc2ccccc2)cc1)c1ccccc1. The smallest absolute Gasteiger partial charge is 0.211 e. The average molecular weight is 370 g/mol. The first kappa shape index (κ1) is 18.9. The van der Waals surface area contributed by atoms with Gasteiger partial charge in [0, 0.05) is 5.56 Å². The predicted molar refractivity (Wildman–Crippen MR) is 115 cm³/mol. The van der Waals surface area contributed by atoms with Crippen LogP contribution in [0.4, 0.5) is 0 Å². The van der Waals surface area contributed by atoms with Crippen molar-refractivity contribution in [2.75, 3.05) is 0 Å². The molecule has 0 heterocycles. The largest absolute Gasteiger partial charge is 0.489 e. The second-order valence-electron chi connectivity index (χ2n) is 6.05. The molecule has 3 aromatic carbocycles. The number of benzene rings is 3. The monoisotopic (exact) mass is 370 g/mol. The number of nitrogens with zero attached hydrogens (tertiary/aromatic N) is 2. The summed E-state index contributed by atoms with van der Waals surface area (Å²) < 4.78 is 5.81. The predicted octanol–water partition coefficient (Wildman–Crippen LogP) is 3.96. The topological polar surface area (TPSA) is 86.0 Å². The molecule has 3 rings (SSSR count). The van der Waals surface area contributed by atoms with Crippen LogP contribution >= 0.6 is 0 Å². The number of guanidine groups is 1. The second kappa shape index (κ2) is 9.73. The molecular formula is C23H22N4O. The number of nitrogens with two attached hydrogens (primary N) is 2. The molecule has 0 aliphatic rings. The van der Waals surface area contributed by atoms with E-state index < -0.39 is 0 Å². The number of rotatable bonds is 7. The minimum Gasteiger partial charge on any atom is -0.489 e. The second-order valence-corrected chi connectivity index (χ2v) is 6.05. The van der Waals surface area contributed by atoms with Crippen LogP contribution in [0.3, 0.4) is 0 Å². The minimum atomic E-state index is -0.0817. The van der Waals surface area contributed by atoms with Crippen LogP contribution in [-0.2, 0) is 6.61 Å². The molecule has 0 atom stereocenters. The van der Waals surface area contributed by atoms with Gasteiger partial charge in [-0.1, -0.05) is 78.9 Å². The van der Waals surface area contributed by atoms with E-state index in [1.807, 2.05) is 97.1 Å². The summed E-state index contributed by atoms with van der Waals surface area (Å²) >= 11 is 0. The molecule has 0 bridgehead atoms. The zero-order chi connectivity index (χ0) is 19.6. The summed E-state index contributed by atoms with van der Waals surface area (Å²) in [7, 11) is 0. The average Bonchev–Trinajstić information content (AvgIpc) is 2.74. The summed E-state index contributed by atoms with van der Waals surface area (Å²) in [6, 6.07) is 27.6. The van der Waals surface area contributed by atoms with Gasteiger partial charge in [-0.15, -0.1) is 10.2 Å². The van der Waals surface area contributed by atoms with Gasteiger partial charge in [-0.05, 0) is 29.3 Å². The molecule has 140 valence electrons. The van der Waals surface area contributed by atoms with Crippen LogP contribution in [0.5, 0.6) is 5.75 Å². The number of allylic oxidation sites excluding steroid dienone is 1. The maximum absolute atomic E-state index is 5.81. The Kier molecular flexibility index (Phi) is 6.57.